The Hall–Kier alpha value is -1.80. The number of ether oxygens (including phenoxy) is 6. The molecule has 18 atom stereocenters. The van der Waals surface area contributed by atoms with Gasteiger partial charge in [0.1, 0.15) is 30.5 Å². The number of esters is 1. The predicted octanol–water partition coefficient (Wildman–Crippen LogP) is 2.75. The first kappa shape index (κ1) is 51.5. The maximum absolute atomic E-state index is 14.4. The second-order valence-electron chi connectivity index (χ2n) is 18.2. The molecule has 9 unspecified atom stereocenters. The quantitative estimate of drug-likeness (QED) is 0.0682. The number of hydrogen-bond acceptors (Lipinski definition) is 16. The summed E-state index contributed by atoms with van der Waals surface area (Å²) in [6.07, 6.45) is -5.55. The zero-order chi connectivity index (χ0) is 44.6. The Bertz CT molecular complexity index is 1370. The lowest BCUT2D eigenvalue weighted by atomic mass is 9.73. The second-order valence-corrected chi connectivity index (χ2v) is 18.2. The fourth-order valence-electron chi connectivity index (χ4n) is 9.13. The number of aliphatic hydroxyl groups excluding tert-OH is 3. The summed E-state index contributed by atoms with van der Waals surface area (Å²) < 4.78 is 37.8. The number of hydrogen-bond donors (Lipinski definition) is 6. The molecule has 16 heteroatoms. The molecule has 0 aromatic carbocycles. The van der Waals surface area contributed by atoms with E-state index in [0.717, 1.165) is 6.54 Å². The summed E-state index contributed by atoms with van der Waals surface area (Å²) in [5, 5.41) is 67.0. The second kappa shape index (κ2) is 22.0. The third kappa shape index (κ3) is 12.7. The zero-order valence-corrected chi connectivity index (χ0v) is 38.2. The first-order valence-corrected chi connectivity index (χ1v) is 21.5. The Morgan fingerprint density at radius 1 is 0.932 bits per heavy atom. The lowest BCUT2D eigenvalue weighted by Gasteiger charge is -2.49. The molecule has 3 saturated heterocycles. The van der Waals surface area contributed by atoms with Gasteiger partial charge in [0.05, 0.1) is 53.4 Å². The minimum Gasteiger partial charge on any atom is -0.459 e. The van der Waals surface area contributed by atoms with Crippen LogP contribution in [0.25, 0.3) is 0 Å². The first-order valence-electron chi connectivity index (χ1n) is 21.5. The van der Waals surface area contributed by atoms with Crippen LogP contribution in [-0.4, -0.2) is 167 Å². The molecule has 59 heavy (non-hydrogen) atoms. The number of likely N-dealkylation sites (N-methyl/N-ethyl adjacent to an activating group) is 2. The molecule has 0 amide bonds. The van der Waals surface area contributed by atoms with Gasteiger partial charge in [-0.3, -0.25) is 4.79 Å². The maximum Gasteiger partial charge on any atom is 0.311 e. The summed E-state index contributed by atoms with van der Waals surface area (Å²) in [5.41, 5.74) is -4.37. The van der Waals surface area contributed by atoms with Crippen LogP contribution in [0.2, 0.25) is 0 Å². The smallest absolute Gasteiger partial charge is 0.311 e. The number of carbonyl (C=O) groups is 1. The fraction of sp³-hybridized carbons (Fsp3) is 0.907. The molecule has 0 radical (unpaired) electrons. The van der Waals surface area contributed by atoms with Crippen LogP contribution in [0.15, 0.2) is 17.3 Å². The Labute approximate surface area is 352 Å². The summed E-state index contributed by atoms with van der Waals surface area (Å²) in [7, 11) is 5.24. The van der Waals surface area contributed by atoms with E-state index >= 15 is 0 Å². The number of carbonyl (C=O) groups excluding carboxylic acids is 1. The highest BCUT2D eigenvalue weighted by Crippen LogP contribution is 2.41. The Balaban J connectivity index is 2.22. The molecule has 0 saturated carbocycles. The lowest BCUT2D eigenvalue weighted by molar-refractivity contribution is -0.317. The highest BCUT2D eigenvalue weighted by Gasteiger charge is 2.53. The Morgan fingerprint density at radius 3 is 2.19 bits per heavy atom. The maximum atomic E-state index is 14.4. The van der Waals surface area contributed by atoms with Crippen molar-refractivity contribution in [3.8, 4) is 0 Å². The monoisotopic (exact) mass is 846 g/mol. The van der Waals surface area contributed by atoms with Gasteiger partial charge >= 0.3 is 5.97 Å². The molecule has 3 aliphatic heterocycles. The van der Waals surface area contributed by atoms with Crippen LogP contribution in [0.3, 0.4) is 0 Å². The highest BCUT2D eigenvalue weighted by atomic mass is 16.7. The minimum atomic E-state index is -1.94. The minimum absolute atomic E-state index is 0.00277. The average Bonchev–Trinajstić information content (AvgIpc) is 3.17. The Morgan fingerprint density at radius 2 is 1.59 bits per heavy atom. The summed E-state index contributed by atoms with van der Waals surface area (Å²) in [6.45, 7) is 20.7. The van der Waals surface area contributed by atoms with E-state index in [1.807, 2.05) is 51.9 Å². The predicted molar refractivity (Wildman–Crippen MR) is 222 cm³/mol. The number of rotatable bonds is 13. The van der Waals surface area contributed by atoms with Gasteiger partial charge in [0, 0.05) is 43.9 Å². The van der Waals surface area contributed by atoms with Crippen LogP contribution in [-0.2, 0) is 38.1 Å². The van der Waals surface area contributed by atoms with Gasteiger partial charge in [-0.2, -0.15) is 0 Å². The molecule has 3 fully saturated rings. The van der Waals surface area contributed by atoms with E-state index in [4.69, 9.17) is 33.3 Å². The van der Waals surface area contributed by atoms with Gasteiger partial charge in [0.15, 0.2) is 12.6 Å². The van der Waals surface area contributed by atoms with Crippen LogP contribution < -0.4 is 5.32 Å². The van der Waals surface area contributed by atoms with Crippen molar-refractivity contribution in [3.05, 3.63) is 12.2 Å². The molecule has 6 N–H and O–H groups in total. The number of nitrogens with one attached hydrogen (secondary N) is 1. The van der Waals surface area contributed by atoms with E-state index in [2.05, 4.69) is 10.5 Å². The SMILES string of the molecule is CCNC/C=C/CON=C1[C@H](C)CC(C)(O)[C@H](OC2OC(C)CC(N(C)C)C2O)[C@@H](C)[C@H](OC2CC(C)(OC)C(O)C(C)O2)[C@@H](C)C(=O)O[C@H](CC)[C@@](C)(O)[C@H](O)[C@H]1C. The third-order valence-corrected chi connectivity index (χ3v) is 12.9. The van der Waals surface area contributed by atoms with E-state index in [1.54, 1.807) is 48.5 Å². The van der Waals surface area contributed by atoms with Crippen molar-refractivity contribution in [1.29, 1.82) is 0 Å². The summed E-state index contributed by atoms with van der Waals surface area (Å²) in [5.74, 6) is -4.01. The molecule has 3 aliphatic rings. The summed E-state index contributed by atoms with van der Waals surface area (Å²) >= 11 is 0. The normalized spacial score (nSPS) is 45.4. The van der Waals surface area contributed by atoms with Crippen molar-refractivity contribution in [2.75, 3.05) is 40.9 Å². The molecule has 16 nitrogen and oxygen atoms in total. The number of methoxy groups -OCH3 is 1. The molecule has 3 rings (SSSR count). The van der Waals surface area contributed by atoms with E-state index in [-0.39, 0.29) is 38.0 Å². The van der Waals surface area contributed by atoms with Gasteiger partial charge in [-0.15, -0.1) is 0 Å². The van der Waals surface area contributed by atoms with Crippen molar-refractivity contribution in [2.45, 2.75) is 186 Å². The molecule has 3 heterocycles. The van der Waals surface area contributed by atoms with Crippen molar-refractivity contribution in [3.63, 3.8) is 0 Å². The third-order valence-electron chi connectivity index (χ3n) is 12.9. The van der Waals surface area contributed by atoms with E-state index < -0.39 is 102 Å². The standard InChI is InChI=1S/C43H79N3O13/c1-15-31-43(11,52)36(48)26(5)33(45-54-20-18-17-19-44-16-2)24(3)22-41(9,51)38(59-40-34(47)30(46(12)13)21-25(4)55-40)27(6)35(28(7)39(50)57-31)58-32-23-42(10,53-14)37(49)29(8)56-32/h17-18,24-32,34-38,40,44,47-49,51-52H,15-16,19-23H2,1-14H3/b18-17+,45-33?/t24-,25?,26+,27+,28-,29?,30?,31-,32?,34?,35+,36-,37?,38-,40?,41?,42?,43-/m1/s1. The molecule has 0 aromatic rings. The average molecular weight is 846 g/mol. The topological polar surface area (TPSA) is 210 Å². The van der Waals surface area contributed by atoms with Crippen LogP contribution in [0.5, 0.6) is 0 Å². The fourth-order valence-corrected chi connectivity index (χ4v) is 9.13. The number of aliphatic hydroxyl groups is 5. The molecule has 0 aromatic heterocycles. The van der Waals surface area contributed by atoms with Gasteiger partial charge in [0.2, 0.25) is 0 Å². The molecule has 344 valence electrons. The van der Waals surface area contributed by atoms with Crippen LogP contribution in [0.1, 0.15) is 102 Å². The zero-order valence-electron chi connectivity index (χ0n) is 38.2. The molecular weight excluding hydrogens is 766 g/mol. The Kier molecular flexibility index (Phi) is 19.2. The first-order chi connectivity index (χ1) is 27.5. The number of oxime groups is 1. The van der Waals surface area contributed by atoms with Crippen LogP contribution in [0, 0.1) is 23.7 Å². The molecule has 0 spiro atoms. The van der Waals surface area contributed by atoms with Gasteiger partial charge in [-0.05, 0) is 87.5 Å². The number of cyclic esters (lactones) is 1. The lowest BCUT2D eigenvalue weighted by Crippen LogP contribution is -2.61. The van der Waals surface area contributed by atoms with E-state index in [0.29, 0.717) is 18.7 Å². The van der Waals surface area contributed by atoms with Gasteiger partial charge in [-0.1, -0.05) is 45.9 Å². The van der Waals surface area contributed by atoms with Crippen molar-refractivity contribution in [2.24, 2.45) is 28.8 Å². The molecular formula is C43H79N3O13. The summed E-state index contributed by atoms with van der Waals surface area (Å²) in [6, 6.07) is -0.318. The molecule has 0 bridgehead atoms. The molecule has 0 aliphatic carbocycles. The van der Waals surface area contributed by atoms with Crippen molar-refractivity contribution >= 4 is 11.7 Å². The van der Waals surface area contributed by atoms with E-state index in [1.165, 1.54) is 14.0 Å². The number of nitrogens with zero attached hydrogens (tertiary/aromatic N) is 2. The van der Waals surface area contributed by atoms with Gasteiger partial charge in [-0.25, -0.2) is 0 Å². The van der Waals surface area contributed by atoms with Crippen molar-refractivity contribution < 1.29 is 63.6 Å². The summed E-state index contributed by atoms with van der Waals surface area (Å²) in [4.78, 5) is 22.0. The highest BCUT2D eigenvalue weighted by molar-refractivity contribution is 5.88. The van der Waals surface area contributed by atoms with Crippen molar-refractivity contribution in [1.82, 2.24) is 10.2 Å². The van der Waals surface area contributed by atoms with Crippen LogP contribution >= 0.6 is 0 Å². The largest absolute Gasteiger partial charge is 0.459 e. The van der Waals surface area contributed by atoms with Crippen LogP contribution in [0.4, 0.5) is 0 Å². The van der Waals surface area contributed by atoms with E-state index in [9.17, 15) is 30.3 Å². The van der Waals surface area contributed by atoms with Gasteiger partial charge in [0.25, 0.3) is 0 Å². The van der Waals surface area contributed by atoms with Gasteiger partial charge < -0.3 is 69.0 Å².